The molecule has 2 N–H and O–H groups in total. The smallest absolute Gasteiger partial charge is 0.183 e. The zero-order valence-corrected chi connectivity index (χ0v) is 10.5. The summed E-state index contributed by atoms with van der Waals surface area (Å²) >= 11 is 5.67. The second kappa shape index (κ2) is 5.85. The second-order valence-electron chi connectivity index (χ2n) is 3.86. The first-order valence-corrected chi connectivity index (χ1v) is 5.93. The van der Waals surface area contributed by atoms with E-state index in [-0.39, 0.29) is 17.4 Å². The molecule has 2 aromatic carbocycles. The highest BCUT2D eigenvalue weighted by Crippen LogP contribution is 2.24. The van der Waals surface area contributed by atoms with Crippen LogP contribution in [0.4, 0.5) is 4.39 Å². The summed E-state index contributed by atoms with van der Waals surface area (Å²) in [5.74, 6) is -0.380. The minimum absolute atomic E-state index is 0.0585. The number of halogens is 2. The third-order valence-corrected chi connectivity index (χ3v) is 2.83. The van der Waals surface area contributed by atoms with Gasteiger partial charge in [0.1, 0.15) is 6.61 Å². The summed E-state index contributed by atoms with van der Waals surface area (Å²) in [5.41, 5.74) is 7.51. The molecule has 4 heteroatoms. The average Bonchev–Trinajstić information content (AvgIpc) is 2.41. The van der Waals surface area contributed by atoms with E-state index in [2.05, 4.69) is 0 Å². The van der Waals surface area contributed by atoms with Gasteiger partial charge in [0, 0.05) is 6.54 Å². The summed E-state index contributed by atoms with van der Waals surface area (Å²) < 4.78 is 19.0. The Bertz CT molecular complexity index is 545. The van der Waals surface area contributed by atoms with E-state index in [9.17, 15) is 4.39 Å². The van der Waals surface area contributed by atoms with E-state index in [0.717, 1.165) is 11.1 Å². The molecule has 0 amide bonds. The van der Waals surface area contributed by atoms with Gasteiger partial charge >= 0.3 is 0 Å². The van der Waals surface area contributed by atoms with Crippen molar-refractivity contribution in [3.8, 4) is 5.75 Å². The van der Waals surface area contributed by atoms with Crippen LogP contribution >= 0.6 is 11.6 Å². The predicted molar refractivity (Wildman–Crippen MR) is 70.1 cm³/mol. The molecule has 0 fully saturated rings. The molecule has 0 heterocycles. The summed E-state index contributed by atoms with van der Waals surface area (Å²) in [7, 11) is 0. The summed E-state index contributed by atoms with van der Waals surface area (Å²) in [6.45, 7) is 0.754. The molecule has 2 nitrogen and oxygen atoms in total. The Labute approximate surface area is 110 Å². The van der Waals surface area contributed by atoms with Crippen molar-refractivity contribution in [2.75, 3.05) is 0 Å². The second-order valence-corrected chi connectivity index (χ2v) is 4.27. The third-order valence-electron chi connectivity index (χ3n) is 2.54. The number of hydrogen-bond acceptors (Lipinski definition) is 2. The summed E-state index contributed by atoms with van der Waals surface area (Å²) in [6.07, 6.45) is 0. The highest BCUT2D eigenvalue weighted by Gasteiger charge is 2.07. The van der Waals surface area contributed by atoms with Gasteiger partial charge in [-0.1, -0.05) is 41.9 Å². The Morgan fingerprint density at radius 2 is 1.83 bits per heavy atom. The van der Waals surface area contributed by atoms with Crippen molar-refractivity contribution in [1.82, 2.24) is 0 Å². The molecular formula is C14H13ClFNO. The zero-order valence-electron chi connectivity index (χ0n) is 9.70. The molecule has 0 atom stereocenters. The van der Waals surface area contributed by atoms with Crippen LogP contribution in [0, 0.1) is 5.82 Å². The van der Waals surface area contributed by atoms with E-state index < -0.39 is 5.82 Å². The van der Waals surface area contributed by atoms with Crippen molar-refractivity contribution in [2.45, 2.75) is 13.2 Å². The van der Waals surface area contributed by atoms with Crippen LogP contribution < -0.4 is 10.5 Å². The first-order chi connectivity index (χ1) is 8.70. The van der Waals surface area contributed by atoms with E-state index in [0.29, 0.717) is 6.54 Å². The molecule has 94 valence electrons. The minimum atomic E-state index is -0.533. The average molecular weight is 266 g/mol. The van der Waals surface area contributed by atoms with Gasteiger partial charge < -0.3 is 10.5 Å². The van der Waals surface area contributed by atoms with Crippen molar-refractivity contribution in [1.29, 1.82) is 0 Å². The van der Waals surface area contributed by atoms with Gasteiger partial charge in [-0.3, -0.25) is 0 Å². The topological polar surface area (TPSA) is 35.2 Å². The van der Waals surface area contributed by atoms with Crippen molar-refractivity contribution < 1.29 is 9.13 Å². The molecule has 0 bridgehead atoms. The van der Waals surface area contributed by atoms with E-state index >= 15 is 0 Å². The molecule has 18 heavy (non-hydrogen) atoms. The van der Waals surface area contributed by atoms with E-state index in [1.165, 1.54) is 6.07 Å². The van der Waals surface area contributed by atoms with Gasteiger partial charge in [0.05, 0.1) is 5.02 Å². The monoisotopic (exact) mass is 265 g/mol. The van der Waals surface area contributed by atoms with E-state index in [1.54, 1.807) is 12.1 Å². The molecule has 0 aromatic heterocycles. The lowest BCUT2D eigenvalue weighted by Crippen LogP contribution is -2.00. The van der Waals surface area contributed by atoms with Gasteiger partial charge in [0.25, 0.3) is 0 Å². The third kappa shape index (κ3) is 3.00. The lowest BCUT2D eigenvalue weighted by Gasteiger charge is -2.08. The van der Waals surface area contributed by atoms with Crippen LogP contribution in [-0.4, -0.2) is 0 Å². The number of ether oxygens (including phenoxy) is 1. The van der Waals surface area contributed by atoms with Crippen LogP contribution in [0.3, 0.4) is 0 Å². The Kier molecular flexibility index (Phi) is 4.18. The first-order valence-electron chi connectivity index (χ1n) is 5.55. The van der Waals surface area contributed by atoms with Crippen LogP contribution in [0.15, 0.2) is 42.5 Å². The highest BCUT2D eigenvalue weighted by molar-refractivity contribution is 6.30. The van der Waals surface area contributed by atoms with Gasteiger partial charge in [-0.05, 0) is 23.3 Å². The molecule has 0 spiro atoms. The standard InChI is InChI=1S/C14H13ClFNO/c15-12-5-2-6-13(14(12)16)18-9-11-4-1-3-10(7-11)8-17/h1-7H,8-9,17H2. The van der Waals surface area contributed by atoms with E-state index in [1.807, 2.05) is 24.3 Å². The number of hydrogen-bond donors (Lipinski definition) is 1. The molecule has 2 rings (SSSR count). The lowest BCUT2D eigenvalue weighted by molar-refractivity contribution is 0.290. The van der Waals surface area contributed by atoms with Crippen LogP contribution in [0.5, 0.6) is 5.75 Å². The molecule has 2 aromatic rings. The van der Waals surface area contributed by atoms with Gasteiger partial charge in [-0.2, -0.15) is 0 Å². The molecule has 0 unspecified atom stereocenters. The van der Waals surface area contributed by atoms with Crippen LogP contribution in [0.1, 0.15) is 11.1 Å². The van der Waals surface area contributed by atoms with Gasteiger partial charge in [-0.25, -0.2) is 4.39 Å². The fraction of sp³-hybridized carbons (Fsp3) is 0.143. The van der Waals surface area contributed by atoms with Crippen molar-refractivity contribution in [3.63, 3.8) is 0 Å². The molecular weight excluding hydrogens is 253 g/mol. The van der Waals surface area contributed by atoms with Gasteiger partial charge in [-0.15, -0.1) is 0 Å². The fourth-order valence-corrected chi connectivity index (χ4v) is 1.77. The van der Waals surface area contributed by atoms with Crippen molar-refractivity contribution in [2.24, 2.45) is 5.73 Å². The number of nitrogens with two attached hydrogens (primary N) is 1. The number of benzene rings is 2. The normalized spacial score (nSPS) is 10.4. The Hall–Kier alpha value is -1.58. The number of rotatable bonds is 4. The zero-order chi connectivity index (χ0) is 13.0. The summed E-state index contributed by atoms with van der Waals surface area (Å²) in [6, 6.07) is 12.4. The summed E-state index contributed by atoms with van der Waals surface area (Å²) in [4.78, 5) is 0. The SMILES string of the molecule is NCc1cccc(COc2cccc(Cl)c2F)c1. The van der Waals surface area contributed by atoms with Crippen molar-refractivity contribution in [3.05, 3.63) is 64.4 Å². The Morgan fingerprint density at radius 1 is 1.11 bits per heavy atom. The highest BCUT2D eigenvalue weighted by atomic mass is 35.5. The predicted octanol–water partition coefficient (Wildman–Crippen LogP) is 3.52. The van der Waals surface area contributed by atoms with E-state index in [4.69, 9.17) is 22.1 Å². The molecule has 0 radical (unpaired) electrons. The Balaban J connectivity index is 2.09. The minimum Gasteiger partial charge on any atom is -0.486 e. The largest absolute Gasteiger partial charge is 0.486 e. The maximum absolute atomic E-state index is 13.6. The lowest BCUT2D eigenvalue weighted by atomic mass is 10.1. The molecule has 0 aliphatic rings. The maximum Gasteiger partial charge on any atom is 0.183 e. The molecule has 0 saturated heterocycles. The van der Waals surface area contributed by atoms with Crippen LogP contribution in [0.25, 0.3) is 0 Å². The molecule has 0 saturated carbocycles. The van der Waals surface area contributed by atoms with Crippen molar-refractivity contribution >= 4 is 11.6 Å². The molecule has 0 aliphatic carbocycles. The van der Waals surface area contributed by atoms with Crippen LogP contribution in [0.2, 0.25) is 5.02 Å². The maximum atomic E-state index is 13.6. The van der Waals surface area contributed by atoms with Gasteiger partial charge in [0.15, 0.2) is 11.6 Å². The Morgan fingerprint density at radius 3 is 2.61 bits per heavy atom. The fourth-order valence-electron chi connectivity index (χ4n) is 1.60. The van der Waals surface area contributed by atoms with Gasteiger partial charge in [0.2, 0.25) is 0 Å². The summed E-state index contributed by atoms with van der Waals surface area (Å²) in [5, 5.41) is 0.0585. The first kappa shape index (κ1) is 12.9. The van der Waals surface area contributed by atoms with Crippen LogP contribution in [-0.2, 0) is 13.2 Å². The quantitative estimate of drug-likeness (QED) is 0.918. The molecule has 0 aliphatic heterocycles.